The smallest absolute Gasteiger partial charge is 0.262 e. The molecule has 10 heteroatoms. The van der Waals surface area contributed by atoms with Gasteiger partial charge in [-0.2, -0.15) is 0 Å². The van der Waals surface area contributed by atoms with Crippen LogP contribution in [0.2, 0.25) is 0 Å². The van der Waals surface area contributed by atoms with Gasteiger partial charge in [-0.1, -0.05) is 0 Å². The van der Waals surface area contributed by atoms with Crippen molar-refractivity contribution in [3.05, 3.63) is 50.1 Å². The van der Waals surface area contributed by atoms with E-state index in [0.717, 1.165) is 3.79 Å². The molecule has 0 spiro atoms. The van der Waals surface area contributed by atoms with Crippen LogP contribution in [0, 0.1) is 6.92 Å². The molecule has 1 aromatic heterocycles. The molecule has 8 nitrogen and oxygen atoms in total. The maximum Gasteiger partial charge on any atom is 0.262 e. The summed E-state index contributed by atoms with van der Waals surface area (Å²) in [6, 6.07) is 8.45. The molecule has 3 N–H and O–H groups in total. The van der Waals surface area contributed by atoms with Crippen LogP contribution in [0.5, 0.6) is 0 Å². The molecule has 0 atom stereocenters. The van der Waals surface area contributed by atoms with Gasteiger partial charge in [0.25, 0.3) is 11.8 Å². The van der Waals surface area contributed by atoms with Gasteiger partial charge in [0.05, 0.1) is 15.2 Å². The number of halogens is 1. The number of amides is 4. The molecule has 0 bridgehead atoms. The minimum absolute atomic E-state index is 0.0332. The summed E-state index contributed by atoms with van der Waals surface area (Å²) in [5.41, 5.74) is 0.519. The fraction of sp³-hybridized carbons (Fsp3) is 0.364. The first kappa shape index (κ1) is 23.9. The van der Waals surface area contributed by atoms with Crippen molar-refractivity contribution in [2.45, 2.75) is 32.7 Å². The second-order valence-electron chi connectivity index (χ2n) is 8.10. The summed E-state index contributed by atoms with van der Waals surface area (Å²) in [5.74, 6) is -1.10. The second kappa shape index (κ2) is 9.83. The third-order valence-corrected chi connectivity index (χ3v) is 6.68. The lowest BCUT2D eigenvalue weighted by atomic mass is 10.0. The molecule has 3 rings (SSSR count). The van der Waals surface area contributed by atoms with E-state index in [0.29, 0.717) is 41.2 Å². The summed E-state index contributed by atoms with van der Waals surface area (Å²) < 4.78 is 0.829. The fourth-order valence-electron chi connectivity index (χ4n) is 3.26. The molecule has 0 saturated carbocycles. The number of hydrogen-bond donors (Lipinski definition) is 3. The molecule has 1 aliphatic heterocycles. The summed E-state index contributed by atoms with van der Waals surface area (Å²) >= 11 is 4.60. The van der Waals surface area contributed by atoms with Crippen molar-refractivity contribution in [2.75, 3.05) is 25.0 Å². The second-order valence-corrected chi connectivity index (χ2v) is 10.6. The minimum atomic E-state index is -1.16. The minimum Gasteiger partial charge on any atom is -0.354 e. The van der Waals surface area contributed by atoms with Gasteiger partial charge in [0.2, 0.25) is 11.8 Å². The summed E-state index contributed by atoms with van der Waals surface area (Å²) in [5, 5.41) is 8.30. The summed E-state index contributed by atoms with van der Waals surface area (Å²) in [6.45, 7) is 6.12. The number of carbonyl (C=O) groups is 4. The van der Waals surface area contributed by atoms with Crippen molar-refractivity contribution in [1.82, 2.24) is 15.5 Å². The molecule has 1 saturated heterocycles. The first-order chi connectivity index (χ1) is 15.1. The number of aryl methyl sites for hydroxylation is 1. The molecule has 0 radical (unpaired) electrons. The standard InChI is InChI=1S/C22H25BrN4O4S/c1-13-11-14(5-6-15(13)20(30)27-10-4-9-24-18(28)12-27)25-21(31)22(2,3)26-19(29)16-7-8-17(23)32-16/h5-8,11H,4,9-10,12H2,1-3H3,(H,24,28)(H,25,31)(H,26,29). The van der Waals surface area contributed by atoms with Crippen molar-refractivity contribution in [3.63, 3.8) is 0 Å². The lowest BCUT2D eigenvalue weighted by Gasteiger charge is -2.25. The Bertz CT molecular complexity index is 1070. The van der Waals surface area contributed by atoms with Crippen LogP contribution in [0.4, 0.5) is 5.69 Å². The highest BCUT2D eigenvalue weighted by molar-refractivity contribution is 9.11. The van der Waals surface area contributed by atoms with Crippen LogP contribution in [0.3, 0.4) is 0 Å². The van der Waals surface area contributed by atoms with E-state index in [1.165, 1.54) is 16.2 Å². The van der Waals surface area contributed by atoms with Crippen LogP contribution < -0.4 is 16.0 Å². The molecular formula is C22H25BrN4O4S. The fourth-order valence-corrected chi connectivity index (χ4v) is 4.54. The molecule has 1 aliphatic rings. The maximum absolute atomic E-state index is 12.9. The van der Waals surface area contributed by atoms with E-state index in [4.69, 9.17) is 0 Å². The van der Waals surface area contributed by atoms with Gasteiger partial charge in [0.1, 0.15) is 5.54 Å². The highest BCUT2D eigenvalue weighted by atomic mass is 79.9. The predicted octanol–water partition coefficient (Wildman–Crippen LogP) is 2.93. The summed E-state index contributed by atoms with van der Waals surface area (Å²) in [4.78, 5) is 51.9. The van der Waals surface area contributed by atoms with E-state index in [2.05, 4.69) is 31.9 Å². The molecule has 170 valence electrons. The molecule has 2 heterocycles. The normalized spacial score (nSPS) is 14.4. The van der Waals surface area contributed by atoms with Gasteiger partial charge >= 0.3 is 0 Å². The molecule has 0 aliphatic carbocycles. The average Bonchev–Trinajstić information content (AvgIpc) is 3.04. The van der Waals surface area contributed by atoms with Gasteiger partial charge in [-0.25, -0.2) is 0 Å². The molecular weight excluding hydrogens is 496 g/mol. The molecule has 1 aromatic carbocycles. The largest absolute Gasteiger partial charge is 0.354 e. The quantitative estimate of drug-likeness (QED) is 0.563. The zero-order chi connectivity index (χ0) is 23.5. The molecule has 4 amide bonds. The Balaban J connectivity index is 1.67. The zero-order valence-electron chi connectivity index (χ0n) is 18.1. The van der Waals surface area contributed by atoms with E-state index in [1.54, 1.807) is 51.1 Å². The average molecular weight is 521 g/mol. The zero-order valence-corrected chi connectivity index (χ0v) is 20.5. The lowest BCUT2D eigenvalue weighted by molar-refractivity contribution is -0.121. The van der Waals surface area contributed by atoms with Crippen LogP contribution >= 0.6 is 27.3 Å². The van der Waals surface area contributed by atoms with E-state index in [-0.39, 0.29) is 30.2 Å². The Morgan fingerprint density at radius 3 is 2.59 bits per heavy atom. The maximum atomic E-state index is 12.9. The Morgan fingerprint density at radius 1 is 1.19 bits per heavy atom. The van der Waals surface area contributed by atoms with Gasteiger partial charge in [-0.3, -0.25) is 19.2 Å². The van der Waals surface area contributed by atoms with E-state index in [1.807, 2.05) is 0 Å². The Kier molecular flexibility index (Phi) is 7.35. The van der Waals surface area contributed by atoms with Crippen molar-refractivity contribution in [3.8, 4) is 0 Å². The predicted molar refractivity (Wildman–Crippen MR) is 127 cm³/mol. The number of anilines is 1. The SMILES string of the molecule is Cc1cc(NC(=O)C(C)(C)NC(=O)c2ccc(Br)s2)ccc1C(=O)N1CCCNC(=O)C1. The van der Waals surface area contributed by atoms with Crippen molar-refractivity contribution >= 4 is 56.6 Å². The van der Waals surface area contributed by atoms with E-state index in [9.17, 15) is 19.2 Å². The lowest BCUT2D eigenvalue weighted by Crippen LogP contribution is -2.52. The number of rotatable bonds is 5. The van der Waals surface area contributed by atoms with Crippen molar-refractivity contribution in [2.24, 2.45) is 0 Å². The van der Waals surface area contributed by atoms with Crippen LogP contribution in [-0.4, -0.2) is 53.7 Å². The van der Waals surface area contributed by atoms with E-state index >= 15 is 0 Å². The van der Waals surface area contributed by atoms with Crippen LogP contribution in [-0.2, 0) is 9.59 Å². The molecule has 0 unspecified atom stereocenters. The highest BCUT2D eigenvalue weighted by Gasteiger charge is 2.30. The topological polar surface area (TPSA) is 108 Å². The number of carbonyl (C=O) groups excluding carboxylic acids is 4. The van der Waals surface area contributed by atoms with Crippen LogP contribution in [0.15, 0.2) is 34.1 Å². The van der Waals surface area contributed by atoms with Gasteiger partial charge < -0.3 is 20.9 Å². The number of nitrogens with one attached hydrogen (secondary N) is 3. The highest BCUT2D eigenvalue weighted by Crippen LogP contribution is 2.23. The van der Waals surface area contributed by atoms with Crippen molar-refractivity contribution in [1.29, 1.82) is 0 Å². The summed E-state index contributed by atoms with van der Waals surface area (Å²) in [6.07, 6.45) is 0.702. The Morgan fingerprint density at radius 2 is 1.94 bits per heavy atom. The first-order valence-electron chi connectivity index (χ1n) is 10.1. The summed E-state index contributed by atoms with van der Waals surface area (Å²) in [7, 11) is 0. The molecule has 32 heavy (non-hydrogen) atoms. The number of nitrogens with zero attached hydrogens (tertiary/aromatic N) is 1. The van der Waals surface area contributed by atoms with Crippen molar-refractivity contribution < 1.29 is 19.2 Å². The van der Waals surface area contributed by atoms with Crippen LogP contribution in [0.1, 0.15) is 45.9 Å². The molecule has 2 aromatic rings. The third kappa shape index (κ3) is 5.74. The van der Waals surface area contributed by atoms with E-state index < -0.39 is 5.54 Å². The van der Waals surface area contributed by atoms with Crippen LogP contribution in [0.25, 0.3) is 0 Å². The van der Waals surface area contributed by atoms with Gasteiger partial charge in [0, 0.05) is 24.3 Å². The van der Waals surface area contributed by atoms with Gasteiger partial charge in [0.15, 0.2) is 0 Å². The third-order valence-electron chi connectivity index (χ3n) is 5.05. The Hall–Kier alpha value is -2.72. The molecule has 1 fully saturated rings. The number of thiophene rings is 1. The van der Waals surface area contributed by atoms with Gasteiger partial charge in [-0.15, -0.1) is 11.3 Å². The van der Waals surface area contributed by atoms with Gasteiger partial charge in [-0.05, 0) is 79.0 Å². The number of hydrogen-bond acceptors (Lipinski definition) is 5. The first-order valence-corrected chi connectivity index (χ1v) is 11.7. The monoisotopic (exact) mass is 520 g/mol. The Labute approximate surface area is 198 Å². The number of benzene rings is 1.